The molecule has 0 saturated carbocycles. The number of nitrogens with zero attached hydrogens (tertiary/aromatic N) is 3. The van der Waals surface area contributed by atoms with Gasteiger partial charge in [-0.2, -0.15) is 0 Å². The van der Waals surface area contributed by atoms with Gasteiger partial charge in [-0.25, -0.2) is 4.98 Å². The first-order valence-corrected chi connectivity index (χ1v) is 12.3. The van der Waals surface area contributed by atoms with Crippen molar-refractivity contribution in [3.05, 3.63) is 65.3 Å². The zero-order valence-corrected chi connectivity index (χ0v) is 20.6. The van der Waals surface area contributed by atoms with Crippen LogP contribution in [0.3, 0.4) is 0 Å². The highest BCUT2D eigenvalue weighted by Crippen LogP contribution is 2.27. The lowest BCUT2D eigenvalue weighted by molar-refractivity contribution is -0.122. The fourth-order valence-corrected chi connectivity index (χ4v) is 4.64. The fourth-order valence-electron chi connectivity index (χ4n) is 4.45. The normalized spacial score (nSPS) is 16.3. The van der Waals surface area contributed by atoms with Crippen molar-refractivity contribution >= 4 is 17.5 Å². The molecule has 1 amide bonds. The maximum atomic E-state index is 12.5. The van der Waals surface area contributed by atoms with Gasteiger partial charge in [0.25, 0.3) is 0 Å². The van der Waals surface area contributed by atoms with E-state index in [1.54, 1.807) is 0 Å². The van der Waals surface area contributed by atoms with Gasteiger partial charge in [-0.05, 0) is 56.8 Å². The maximum Gasteiger partial charge on any atom is 0.240 e. The number of aromatic nitrogens is 2. The molecule has 6 nitrogen and oxygen atoms in total. The van der Waals surface area contributed by atoms with Crippen LogP contribution in [0.25, 0.3) is 22.6 Å². The Morgan fingerprint density at radius 2 is 2.00 bits per heavy atom. The Labute approximate surface area is 206 Å². The minimum Gasteiger partial charge on any atom is -0.396 e. The molecule has 0 radical (unpaired) electrons. The second kappa shape index (κ2) is 11.2. The zero-order chi connectivity index (χ0) is 24.1. The highest BCUT2D eigenvalue weighted by Gasteiger charge is 2.21. The number of carbonyl (C=O) groups excluding carboxylic acids is 1. The maximum absolute atomic E-state index is 12.5. The van der Waals surface area contributed by atoms with Crippen LogP contribution < -0.4 is 5.32 Å². The van der Waals surface area contributed by atoms with Crippen molar-refractivity contribution in [3.8, 4) is 22.6 Å². The van der Waals surface area contributed by atoms with Crippen molar-refractivity contribution in [2.75, 3.05) is 26.2 Å². The van der Waals surface area contributed by atoms with E-state index in [1.807, 2.05) is 48.9 Å². The van der Waals surface area contributed by atoms with Crippen LogP contribution in [0.15, 0.2) is 54.7 Å². The molecule has 2 heterocycles. The van der Waals surface area contributed by atoms with Gasteiger partial charge in [0.1, 0.15) is 12.4 Å². The van der Waals surface area contributed by atoms with Crippen molar-refractivity contribution in [2.45, 2.75) is 39.3 Å². The predicted molar refractivity (Wildman–Crippen MR) is 137 cm³/mol. The van der Waals surface area contributed by atoms with Crippen LogP contribution in [0.5, 0.6) is 0 Å². The summed E-state index contributed by atoms with van der Waals surface area (Å²) >= 11 is 6.22. The Morgan fingerprint density at radius 1 is 1.21 bits per heavy atom. The van der Waals surface area contributed by atoms with Crippen molar-refractivity contribution in [2.24, 2.45) is 5.92 Å². The van der Waals surface area contributed by atoms with Gasteiger partial charge in [-0.1, -0.05) is 48.0 Å². The number of aliphatic hydroxyl groups is 1. The van der Waals surface area contributed by atoms with Gasteiger partial charge < -0.3 is 19.9 Å². The summed E-state index contributed by atoms with van der Waals surface area (Å²) in [6.07, 6.45) is 4.00. The van der Waals surface area contributed by atoms with Gasteiger partial charge in [0, 0.05) is 48.1 Å². The van der Waals surface area contributed by atoms with Crippen LogP contribution in [0, 0.1) is 5.92 Å². The molecule has 0 bridgehead atoms. The van der Waals surface area contributed by atoms with Crippen molar-refractivity contribution < 1.29 is 9.90 Å². The Kier molecular flexibility index (Phi) is 8.03. The van der Waals surface area contributed by atoms with Crippen molar-refractivity contribution in [1.29, 1.82) is 0 Å². The summed E-state index contributed by atoms with van der Waals surface area (Å²) in [5, 5.41) is 12.9. The number of imidazole rings is 1. The van der Waals surface area contributed by atoms with E-state index in [0.29, 0.717) is 16.8 Å². The lowest BCUT2D eigenvalue weighted by atomic mass is 10.1. The first-order valence-electron chi connectivity index (χ1n) is 12.0. The summed E-state index contributed by atoms with van der Waals surface area (Å²) in [7, 11) is 0. The van der Waals surface area contributed by atoms with Gasteiger partial charge in [-0.15, -0.1) is 0 Å². The molecule has 0 spiro atoms. The van der Waals surface area contributed by atoms with Crippen LogP contribution in [0.4, 0.5) is 0 Å². The largest absolute Gasteiger partial charge is 0.396 e. The van der Waals surface area contributed by atoms with E-state index in [2.05, 4.69) is 34.5 Å². The Morgan fingerprint density at radius 3 is 2.68 bits per heavy atom. The molecule has 2 N–H and O–H groups in total. The number of halogens is 1. The Balaban J connectivity index is 1.51. The smallest absolute Gasteiger partial charge is 0.240 e. The molecule has 1 aliphatic rings. The summed E-state index contributed by atoms with van der Waals surface area (Å²) in [6.45, 7) is 7.44. The van der Waals surface area contributed by atoms with Crippen LogP contribution in [-0.2, 0) is 17.8 Å². The molecule has 3 aromatic rings. The zero-order valence-electron chi connectivity index (χ0n) is 19.9. The number of likely N-dealkylation sites (tertiary alicyclic amines) is 1. The molecule has 180 valence electrons. The molecule has 1 aromatic heterocycles. The number of rotatable bonds is 9. The van der Waals surface area contributed by atoms with Crippen LogP contribution >= 0.6 is 11.6 Å². The minimum atomic E-state index is -0.0528. The molecule has 0 aliphatic carbocycles. The first-order chi connectivity index (χ1) is 16.4. The summed E-state index contributed by atoms with van der Waals surface area (Å²) < 4.78 is 1.89. The predicted octanol–water partition coefficient (Wildman–Crippen LogP) is 4.25. The van der Waals surface area contributed by atoms with Gasteiger partial charge in [0.15, 0.2) is 0 Å². The van der Waals surface area contributed by atoms with E-state index in [1.165, 1.54) is 5.56 Å². The molecule has 4 rings (SSSR count). The highest BCUT2D eigenvalue weighted by atomic mass is 35.5. The van der Waals surface area contributed by atoms with E-state index in [9.17, 15) is 9.90 Å². The lowest BCUT2D eigenvalue weighted by Crippen LogP contribution is -2.33. The van der Waals surface area contributed by atoms with E-state index < -0.39 is 0 Å². The summed E-state index contributed by atoms with van der Waals surface area (Å²) in [4.78, 5) is 19.8. The second-order valence-electron chi connectivity index (χ2n) is 9.40. The molecular weight excluding hydrogens is 448 g/mol. The number of hydrogen-bond acceptors (Lipinski definition) is 4. The molecular formula is C27H33ClN4O2. The SMILES string of the molecule is CC(C)NC(=O)Cn1cc(-c2ccc(CCN3CCC(CO)C3)cc2)nc1-c1cccc(Cl)c1. The van der Waals surface area contributed by atoms with Crippen LogP contribution in [-0.4, -0.2) is 57.7 Å². The monoisotopic (exact) mass is 480 g/mol. The second-order valence-corrected chi connectivity index (χ2v) is 9.83. The van der Waals surface area contributed by atoms with Gasteiger partial charge in [0.05, 0.1) is 5.69 Å². The number of benzene rings is 2. The third-order valence-electron chi connectivity index (χ3n) is 6.22. The standard InChI is InChI=1S/C27H33ClN4O2/c1-19(2)29-26(34)17-32-16-25(30-27(32)23-4-3-5-24(28)14-23)22-8-6-20(7-9-22)10-12-31-13-11-21(15-31)18-33/h3-9,14,16,19,21,33H,10-13,15,17-18H2,1-2H3,(H,29,34). The molecule has 1 unspecified atom stereocenters. The number of aliphatic hydroxyl groups excluding tert-OH is 1. The number of hydrogen-bond donors (Lipinski definition) is 2. The van der Waals surface area contributed by atoms with Gasteiger partial charge in [0.2, 0.25) is 5.91 Å². The average molecular weight is 481 g/mol. The van der Waals surface area contributed by atoms with E-state index in [-0.39, 0.29) is 25.1 Å². The van der Waals surface area contributed by atoms with E-state index in [0.717, 1.165) is 49.3 Å². The molecule has 2 aromatic carbocycles. The van der Waals surface area contributed by atoms with Crippen molar-refractivity contribution in [3.63, 3.8) is 0 Å². The molecule has 1 aliphatic heterocycles. The topological polar surface area (TPSA) is 70.4 Å². The molecule has 1 saturated heterocycles. The fraction of sp³-hybridized carbons (Fsp3) is 0.407. The minimum absolute atomic E-state index is 0.0528. The van der Waals surface area contributed by atoms with Crippen LogP contribution in [0.1, 0.15) is 25.8 Å². The molecule has 7 heteroatoms. The lowest BCUT2D eigenvalue weighted by Gasteiger charge is -2.15. The Bertz CT molecular complexity index is 1110. The average Bonchev–Trinajstić information content (AvgIpc) is 3.44. The highest BCUT2D eigenvalue weighted by molar-refractivity contribution is 6.30. The van der Waals surface area contributed by atoms with E-state index >= 15 is 0 Å². The van der Waals surface area contributed by atoms with E-state index in [4.69, 9.17) is 16.6 Å². The molecule has 1 fully saturated rings. The van der Waals surface area contributed by atoms with Gasteiger partial charge in [-0.3, -0.25) is 4.79 Å². The first kappa shape index (κ1) is 24.5. The number of carbonyl (C=O) groups is 1. The van der Waals surface area contributed by atoms with Crippen molar-refractivity contribution in [1.82, 2.24) is 19.8 Å². The third kappa shape index (κ3) is 6.26. The molecule has 1 atom stereocenters. The quantitative estimate of drug-likeness (QED) is 0.480. The molecule has 34 heavy (non-hydrogen) atoms. The summed E-state index contributed by atoms with van der Waals surface area (Å²) in [5.74, 6) is 1.09. The number of amides is 1. The van der Waals surface area contributed by atoms with Gasteiger partial charge >= 0.3 is 0 Å². The summed E-state index contributed by atoms with van der Waals surface area (Å²) in [6, 6.07) is 16.1. The Hall–Kier alpha value is -2.67. The third-order valence-corrected chi connectivity index (χ3v) is 6.45. The number of nitrogens with one attached hydrogen (secondary N) is 1. The summed E-state index contributed by atoms with van der Waals surface area (Å²) in [5.41, 5.74) is 3.99. The van der Waals surface area contributed by atoms with Crippen LogP contribution in [0.2, 0.25) is 5.02 Å².